The van der Waals surface area contributed by atoms with Crippen LogP contribution in [0.4, 0.5) is 0 Å². The first-order valence-electron chi connectivity index (χ1n) is 13.9. The van der Waals surface area contributed by atoms with Crippen LogP contribution in [0.2, 0.25) is 5.02 Å². The molecule has 0 fully saturated rings. The number of nitrogens with zero attached hydrogens (tertiary/aromatic N) is 1. The van der Waals surface area contributed by atoms with Crippen LogP contribution in [0.25, 0.3) is 0 Å². The predicted molar refractivity (Wildman–Crippen MR) is 162 cm³/mol. The number of carbonyl (C=O) groups is 3. The van der Waals surface area contributed by atoms with Crippen molar-refractivity contribution in [3.8, 4) is 0 Å². The summed E-state index contributed by atoms with van der Waals surface area (Å²) in [7, 11) is 0. The van der Waals surface area contributed by atoms with E-state index in [0.717, 1.165) is 24.0 Å². The quantitative estimate of drug-likeness (QED) is 0.215. The molecular weight excluding hydrogens is 540 g/mol. The van der Waals surface area contributed by atoms with Gasteiger partial charge in [0.05, 0.1) is 12.1 Å². The second kappa shape index (κ2) is 15.9. The average molecular weight is 579 g/mol. The van der Waals surface area contributed by atoms with Crippen molar-refractivity contribution in [2.45, 2.75) is 51.8 Å². The Kier molecular flexibility index (Phi) is 12.3. The van der Waals surface area contributed by atoms with Crippen LogP contribution >= 0.6 is 11.6 Å². The first-order valence-corrected chi connectivity index (χ1v) is 14.3. The molecule has 0 bridgehead atoms. The number of carbonyl (C=O) groups excluding carboxylic acids is 3. The summed E-state index contributed by atoms with van der Waals surface area (Å²) in [6, 6.07) is 20.6. The largest absolute Gasteiger partial charge is 0.390 e. The lowest BCUT2D eigenvalue weighted by Gasteiger charge is -2.25. The van der Waals surface area contributed by atoms with Crippen molar-refractivity contribution in [3.63, 3.8) is 0 Å². The van der Waals surface area contributed by atoms with Gasteiger partial charge in [-0.3, -0.25) is 14.4 Å². The lowest BCUT2D eigenvalue weighted by Crippen LogP contribution is -2.48. The number of rotatable bonds is 15. The SMILES string of the molecule is CCCN(CCC)C(=O)c1cc(C(N)=O)cc(C(=O)N[C@@H](Cc2ccc(Cl)cc2)[C@H](O)CNCc2ccccc2)c1. The van der Waals surface area contributed by atoms with Crippen LogP contribution in [-0.2, 0) is 13.0 Å². The van der Waals surface area contributed by atoms with E-state index in [0.29, 0.717) is 31.1 Å². The zero-order valence-electron chi connectivity index (χ0n) is 23.6. The fourth-order valence-electron chi connectivity index (χ4n) is 4.57. The van der Waals surface area contributed by atoms with Gasteiger partial charge in [0.1, 0.15) is 0 Å². The zero-order valence-corrected chi connectivity index (χ0v) is 24.4. The van der Waals surface area contributed by atoms with Crippen LogP contribution in [0.15, 0.2) is 72.8 Å². The molecule has 3 aromatic rings. The molecule has 2 atom stereocenters. The molecule has 0 aliphatic carbocycles. The maximum atomic E-state index is 13.5. The number of halogens is 1. The summed E-state index contributed by atoms with van der Waals surface area (Å²) in [6.45, 7) is 5.85. The van der Waals surface area contributed by atoms with E-state index in [1.807, 2.05) is 56.3 Å². The maximum absolute atomic E-state index is 13.5. The van der Waals surface area contributed by atoms with Gasteiger partial charge in [-0.25, -0.2) is 0 Å². The topological polar surface area (TPSA) is 125 Å². The number of nitrogens with two attached hydrogens (primary N) is 1. The molecule has 3 aromatic carbocycles. The highest BCUT2D eigenvalue weighted by atomic mass is 35.5. The minimum absolute atomic E-state index is 0.0632. The van der Waals surface area contributed by atoms with Gasteiger partial charge < -0.3 is 26.4 Å². The summed E-state index contributed by atoms with van der Waals surface area (Å²) in [5.41, 5.74) is 7.89. The fourth-order valence-corrected chi connectivity index (χ4v) is 4.70. The molecule has 8 nitrogen and oxygen atoms in total. The Hall–Kier alpha value is -3.72. The van der Waals surface area contributed by atoms with Gasteiger partial charge in [0.15, 0.2) is 0 Å². The van der Waals surface area contributed by atoms with E-state index in [9.17, 15) is 19.5 Å². The molecule has 0 aromatic heterocycles. The van der Waals surface area contributed by atoms with Crippen molar-refractivity contribution in [1.29, 1.82) is 0 Å². The Balaban J connectivity index is 1.84. The number of aliphatic hydroxyl groups is 1. The third-order valence-corrected chi connectivity index (χ3v) is 6.93. The highest BCUT2D eigenvalue weighted by molar-refractivity contribution is 6.30. The highest BCUT2D eigenvalue weighted by Crippen LogP contribution is 2.16. The van der Waals surface area contributed by atoms with Crippen molar-refractivity contribution in [3.05, 3.63) is 106 Å². The molecule has 41 heavy (non-hydrogen) atoms. The molecule has 0 unspecified atom stereocenters. The van der Waals surface area contributed by atoms with Crippen LogP contribution in [0.1, 0.15) is 68.9 Å². The fraction of sp³-hybridized carbons (Fsp3) is 0.344. The molecule has 9 heteroatoms. The third kappa shape index (κ3) is 9.70. The number of hydrogen-bond acceptors (Lipinski definition) is 5. The van der Waals surface area contributed by atoms with E-state index in [1.54, 1.807) is 17.0 Å². The smallest absolute Gasteiger partial charge is 0.253 e. The summed E-state index contributed by atoms with van der Waals surface area (Å²) >= 11 is 6.05. The van der Waals surface area contributed by atoms with Crippen molar-refractivity contribution < 1.29 is 19.5 Å². The average Bonchev–Trinajstić information content (AvgIpc) is 2.97. The van der Waals surface area contributed by atoms with Gasteiger partial charge >= 0.3 is 0 Å². The predicted octanol–water partition coefficient (Wildman–Crippen LogP) is 4.19. The lowest BCUT2D eigenvalue weighted by molar-refractivity contribution is 0.0755. The Morgan fingerprint density at radius 2 is 1.49 bits per heavy atom. The molecule has 3 amide bonds. The number of amides is 3. The molecule has 218 valence electrons. The van der Waals surface area contributed by atoms with Crippen LogP contribution in [-0.4, -0.2) is 59.5 Å². The summed E-state index contributed by atoms with van der Waals surface area (Å²) in [5, 5.41) is 17.9. The standard InChI is InChI=1S/C32H39ClN4O4/c1-3-14-37(15-4-2)32(41)26-18-24(30(34)39)17-25(19-26)31(40)36-28(16-22-10-12-27(33)13-11-22)29(38)21-35-20-23-8-6-5-7-9-23/h5-13,17-19,28-29,35,38H,3-4,14-16,20-21H2,1-2H3,(H2,34,39)(H,36,40)/t28-,29+/m0/s1. The molecule has 0 radical (unpaired) electrons. The van der Waals surface area contributed by atoms with Crippen LogP contribution < -0.4 is 16.4 Å². The Morgan fingerprint density at radius 3 is 2.10 bits per heavy atom. The van der Waals surface area contributed by atoms with Gasteiger partial charge in [-0.05, 0) is 60.7 Å². The van der Waals surface area contributed by atoms with Gasteiger partial charge in [0, 0.05) is 47.9 Å². The molecule has 0 saturated carbocycles. The van der Waals surface area contributed by atoms with Gasteiger partial charge in [-0.1, -0.05) is 67.9 Å². The van der Waals surface area contributed by atoms with Gasteiger partial charge in [0.2, 0.25) is 5.91 Å². The van der Waals surface area contributed by atoms with Crippen molar-refractivity contribution in [2.24, 2.45) is 5.73 Å². The second-order valence-electron chi connectivity index (χ2n) is 10.0. The monoisotopic (exact) mass is 578 g/mol. The molecule has 0 heterocycles. The van der Waals surface area contributed by atoms with Crippen molar-refractivity contribution >= 4 is 29.3 Å². The third-order valence-electron chi connectivity index (χ3n) is 6.68. The van der Waals surface area contributed by atoms with Crippen molar-refractivity contribution in [1.82, 2.24) is 15.5 Å². The van der Waals surface area contributed by atoms with Crippen LogP contribution in [0.5, 0.6) is 0 Å². The first-order chi connectivity index (χ1) is 19.7. The number of benzene rings is 3. The van der Waals surface area contributed by atoms with Gasteiger partial charge in [-0.15, -0.1) is 0 Å². The molecule has 0 spiro atoms. The van der Waals surface area contributed by atoms with E-state index in [1.165, 1.54) is 18.2 Å². The number of hydrogen-bond donors (Lipinski definition) is 4. The molecule has 0 aliphatic rings. The minimum atomic E-state index is -0.941. The van der Waals surface area contributed by atoms with Crippen molar-refractivity contribution in [2.75, 3.05) is 19.6 Å². The van der Waals surface area contributed by atoms with Gasteiger partial charge in [-0.2, -0.15) is 0 Å². The Morgan fingerprint density at radius 1 is 0.878 bits per heavy atom. The molecule has 0 saturated heterocycles. The number of primary amides is 1. The van der Waals surface area contributed by atoms with E-state index < -0.39 is 24.0 Å². The summed E-state index contributed by atoms with van der Waals surface area (Å²) in [6.07, 6.45) is 0.941. The van der Waals surface area contributed by atoms with E-state index >= 15 is 0 Å². The van der Waals surface area contributed by atoms with Gasteiger partial charge in [0.25, 0.3) is 11.8 Å². The van der Waals surface area contributed by atoms with E-state index in [-0.39, 0.29) is 29.1 Å². The van der Waals surface area contributed by atoms with E-state index in [2.05, 4.69) is 10.6 Å². The Labute approximate surface area is 246 Å². The molecule has 0 aliphatic heterocycles. The summed E-state index contributed by atoms with van der Waals surface area (Å²) in [4.78, 5) is 40.6. The second-order valence-corrected chi connectivity index (χ2v) is 10.5. The highest BCUT2D eigenvalue weighted by Gasteiger charge is 2.24. The molecule has 5 N–H and O–H groups in total. The lowest BCUT2D eigenvalue weighted by atomic mass is 9.99. The van der Waals surface area contributed by atoms with Crippen LogP contribution in [0, 0.1) is 0 Å². The molecule has 3 rings (SSSR count). The maximum Gasteiger partial charge on any atom is 0.253 e. The zero-order chi connectivity index (χ0) is 29.8. The normalized spacial score (nSPS) is 12.4. The minimum Gasteiger partial charge on any atom is -0.390 e. The number of nitrogens with one attached hydrogen (secondary N) is 2. The summed E-state index contributed by atoms with van der Waals surface area (Å²) < 4.78 is 0. The van der Waals surface area contributed by atoms with E-state index in [4.69, 9.17) is 17.3 Å². The first kappa shape index (κ1) is 31.8. The molecular formula is C32H39ClN4O4. The van der Waals surface area contributed by atoms with Crippen LogP contribution in [0.3, 0.4) is 0 Å². The number of aliphatic hydroxyl groups excluding tert-OH is 1. The Bertz CT molecular complexity index is 1290. The summed E-state index contributed by atoms with van der Waals surface area (Å²) in [5.74, 6) is -1.54.